The number of rotatable bonds is 6. The summed E-state index contributed by atoms with van der Waals surface area (Å²) in [7, 11) is 0. The molecule has 1 aromatic heterocycles. The van der Waals surface area contributed by atoms with Crippen LogP contribution in [0.15, 0.2) is 24.3 Å². The van der Waals surface area contributed by atoms with Crippen LogP contribution in [0.25, 0.3) is 0 Å². The van der Waals surface area contributed by atoms with Crippen LogP contribution in [0.5, 0.6) is 0 Å². The summed E-state index contributed by atoms with van der Waals surface area (Å²) >= 11 is 0. The maximum absolute atomic E-state index is 12.5. The lowest BCUT2D eigenvalue weighted by atomic mass is 10.1. The minimum Gasteiger partial charge on any atom is -0.479 e. The number of morpholine rings is 1. The minimum atomic E-state index is -1.03. The van der Waals surface area contributed by atoms with Crippen LogP contribution in [0.2, 0.25) is 0 Å². The van der Waals surface area contributed by atoms with Gasteiger partial charge in [0.1, 0.15) is 0 Å². The van der Waals surface area contributed by atoms with Crippen molar-refractivity contribution < 1.29 is 19.4 Å². The average Bonchev–Trinajstić information content (AvgIpc) is 2.94. The molecule has 3 rings (SSSR count). The van der Waals surface area contributed by atoms with E-state index in [4.69, 9.17) is 9.84 Å². The SMILES string of the molecule is Cc1ccc(Cn2nc(C)c(CCC(=O)N3CCOC(C(=O)O)C3)c2C)cc1. The first-order chi connectivity index (χ1) is 13.3. The predicted octanol–water partition coefficient (Wildman–Crippen LogP) is 2.10. The molecule has 28 heavy (non-hydrogen) atoms. The molecule has 0 aliphatic carbocycles. The van der Waals surface area contributed by atoms with Crippen LogP contribution in [0.4, 0.5) is 0 Å². The van der Waals surface area contributed by atoms with E-state index in [-0.39, 0.29) is 19.1 Å². The molecule has 1 aliphatic heterocycles. The molecule has 2 aromatic rings. The standard InChI is InChI=1S/C21H27N3O4/c1-14-4-6-17(7-5-14)12-24-16(3)18(15(2)22-24)8-9-20(25)23-10-11-28-19(13-23)21(26)27/h4-7,19H,8-13H2,1-3H3,(H,26,27). The van der Waals surface area contributed by atoms with Crippen molar-refractivity contribution in [3.63, 3.8) is 0 Å². The molecule has 0 radical (unpaired) electrons. The summed E-state index contributed by atoms with van der Waals surface area (Å²) in [5, 5.41) is 13.7. The van der Waals surface area contributed by atoms with Crippen LogP contribution >= 0.6 is 0 Å². The number of carboxylic acid groups (broad SMARTS) is 1. The van der Waals surface area contributed by atoms with E-state index in [0.717, 1.165) is 17.0 Å². The third-order valence-electron chi connectivity index (χ3n) is 5.27. The lowest BCUT2D eigenvalue weighted by molar-refractivity contribution is -0.159. The zero-order valence-electron chi connectivity index (χ0n) is 16.6. The summed E-state index contributed by atoms with van der Waals surface area (Å²) in [4.78, 5) is 25.2. The molecule has 0 spiro atoms. The molecule has 7 nitrogen and oxygen atoms in total. The van der Waals surface area contributed by atoms with Crippen LogP contribution in [-0.4, -0.2) is 57.5 Å². The fourth-order valence-corrected chi connectivity index (χ4v) is 3.53. The number of benzene rings is 1. The monoisotopic (exact) mass is 385 g/mol. The predicted molar refractivity (Wildman–Crippen MR) is 104 cm³/mol. The molecule has 1 fully saturated rings. The van der Waals surface area contributed by atoms with E-state index in [2.05, 4.69) is 36.3 Å². The molecule has 2 heterocycles. The topological polar surface area (TPSA) is 84.7 Å². The number of aliphatic carboxylic acids is 1. The second kappa shape index (κ2) is 8.56. The van der Waals surface area contributed by atoms with Crippen LogP contribution in [0.3, 0.4) is 0 Å². The molecule has 1 amide bonds. The van der Waals surface area contributed by atoms with Crippen LogP contribution < -0.4 is 0 Å². The van der Waals surface area contributed by atoms with Crippen molar-refractivity contribution in [1.82, 2.24) is 14.7 Å². The Hall–Kier alpha value is -2.67. The Labute approximate surface area is 164 Å². The van der Waals surface area contributed by atoms with Gasteiger partial charge in [0, 0.05) is 18.7 Å². The number of carbonyl (C=O) groups is 2. The highest BCUT2D eigenvalue weighted by Crippen LogP contribution is 2.18. The van der Waals surface area contributed by atoms with Gasteiger partial charge in [-0.2, -0.15) is 5.10 Å². The molecular weight excluding hydrogens is 358 g/mol. The third-order valence-corrected chi connectivity index (χ3v) is 5.27. The van der Waals surface area contributed by atoms with Crippen molar-refractivity contribution in [1.29, 1.82) is 0 Å². The fourth-order valence-electron chi connectivity index (χ4n) is 3.53. The number of carbonyl (C=O) groups excluding carboxylic acids is 1. The highest BCUT2D eigenvalue weighted by Gasteiger charge is 2.29. The number of aryl methyl sites for hydroxylation is 2. The minimum absolute atomic E-state index is 0.0420. The second-order valence-corrected chi connectivity index (χ2v) is 7.33. The number of nitrogens with zero attached hydrogens (tertiary/aromatic N) is 3. The highest BCUT2D eigenvalue weighted by atomic mass is 16.5. The van der Waals surface area contributed by atoms with Gasteiger partial charge in [-0.05, 0) is 38.3 Å². The first kappa shape index (κ1) is 20.1. The Morgan fingerprint density at radius 2 is 1.93 bits per heavy atom. The van der Waals surface area contributed by atoms with E-state index in [1.165, 1.54) is 11.1 Å². The molecule has 1 unspecified atom stereocenters. The van der Waals surface area contributed by atoms with Crippen molar-refractivity contribution in [2.75, 3.05) is 19.7 Å². The number of hydrogen-bond acceptors (Lipinski definition) is 4. The summed E-state index contributed by atoms with van der Waals surface area (Å²) in [6, 6.07) is 8.39. The lowest BCUT2D eigenvalue weighted by Crippen LogP contribution is -2.48. The van der Waals surface area contributed by atoms with Crippen molar-refractivity contribution in [3.05, 3.63) is 52.3 Å². The van der Waals surface area contributed by atoms with Gasteiger partial charge in [0.05, 0.1) is 25.4 Å². The van der Waals surface area contributed by atoms with E-state index < -0.39 is 12.1 Å². The smallest absolute Gasteiger partial charge is 0.334 e. The van der Waals surface area contributed by atoms with Gasteiger partial charge in [-0.25, -0.2) is 4.79 Å². The van der Waals surface area contributed by atoms with E-state index in [0.29, 0.717) is 25.9 Å². The van der Waals surface area contributed by atoms with Crippen molar-refractivity contribution in [3.8, 4) is 0 Å². The Morgan fingerprint density at radius 1 is 1.21 bits per heavy atom. The molecular formula is C21H27N3O4. The van der Waals surface area contributed by atoms with Gasteiger partial charge in [0.25, 0.3) is 0 Å². The normalized spacial score (nSPS) is 17.0. The Bertz CT molecular complexity index is 857. The first-order valence-electron chi connectivity index (χ1n) is 9.55. The summed E-state index contributed by atoms with van der Waals surface area (Å²) < 4.78 is 7.16. The summed E-state index contributed by atoms with van der Waals surface area (Å²) in [5.74, 6) is -1.07. The molecule has 1 aliphatic rings. The maximum atomic E-state index is 12.5. The first-order valence-corrected chi connectivity index (χ1v) is 9.55. The third kappa shape index (κ3) is 4.59. The molecule has 1 atom stereocenters. The zero-order valence-corrected chi connectivity index (χ0v) is 16.6. The quantitative estimate of drug-likeness (QED) is 0.823. The van der Waals surface area contributed by atoms with Gasteiger partial charge >= 0.3 is 5.97 Å². The Kier molecular flexibility index (Phi) is 6.14. The van der Waals surface area contributed by atoms with Crippen molar-refractivity contribution in [2.45, 2.75) is 46.3 Å². The van der Waals surface area contributed by atoms with Crippen molar-refractivity contribution in [2.24, 2.45) is 0 Å². The number of amides is 1. The van der Waals surface area contributed by atoms with E-state index in [9.17, 15) is 9.59 Å². The fraction of sp³-hybridized carbons (Fsp3) is 0.476. The van der Waals surface area contributed by atoms with Gasteiger partial charge in [0.2, 0.25) is 5.91 Å². The molecule has 0 saturated carbocycles. The van der Waals surface area contributed by atoms with Crippen LogP contribution in [0.1, 0.15) is 34.5 Å². The van der Waals surface area contributed by atoms with Gasteiger partial charge in [0.15, 0.2) is 6.10 Å². The molecule has 1 aromatic carbocycles. The molecule has 150 valence electrons. The van der Waals surface area contributed by atoms with Crippen LogP contribution in [-0.2, 0) is 27.3 Å². The number of ether oxygens (including phenoxy) is 1. The molecule has 1 saturated heterocycles. The lowest BCUT2D eigenvalue weighted by Gasteiger charge is -2.31. The largest absolute Gasteiger partial charge is 0.479 e. The maximum Gasteiger partial charge on any atom is 0.334 e. The summed E-state index contributed by atoms with van der Waals surface area (Å²) in [6.45, 7) is 7.57. The Morgan fingerprint density at radius 3 is 2.61 bits per heavy atom. The molecule has 7 heteroatoms. The van der Waals surface area contributed by atoms with Gasteiger partial charge in [-0.1, -0.05) is 29.8 Å². The van der Waals surface area contributed by atoms with Crippen LogP contribution in [0, 0.1) is 20.8 Å². The van der Waals surface area contributed by atoms with E-state index in [1.807, 2.05) is 18.5 Å². The number of carboxylic acids is 1. The second-order valence-electron chi connectivity index (χ2n) is 7.33. The van der Waals surface area contributed by atoms with Crippen molar-refractivity contribution >= 4 is 11.9 Å². The zero-order chi connectivity index (χ0) is 20.3. The summed E-state index contributed by atoms with van der Waals surface area (Å²) in [5.41, 5.74) is 5.50. The number of hydrogen-bond donors (Lipinski definition) is 1. The van der Waals surface area contributed by atoms with Gasteiger partial charge < -0.3 is 14.7 Å². The van der Waals surface area contributed by atoms with E-state index >= 15 is 0 Å². The van der Waals surface area contributed by atoms with Gasteiger partial charge in [-0.15, -0.1) is 0 Å². The Balaban J connectivity index is 1.63. The van der Waals surface area contributed by atoms with E-state index in [1.54, 1.807) is 4.90 Å². The molecule has 1 N–H and O–H groups in total. The molecule has 0 bridgehead atoms. The number of aromatic nitrogens is 2. The highest BCUT2D eigenvalue weighted by molar-refractivity contribution is 5.79. The average molecular weight is 385 g/mol. The summed E-state index contributed by atoms with van der Waals surface area (Å²) in [6.07, 6.45) is 0.00226. The van der Waals surface area contributed by atoms with Gasteiger partial charge in [-0.3, -0.25) is 9.48 Å².